The lowest BCUT2D eigenvalue weighted by atomic mass is 10.3. The minimum atomic E-state index is -0.412. The fourth-order valence-corrected chi connectivity index (χ4v) is 3.83. The maximum absolute atomic E-state index is 12.7. The number of thioether (sulfide) groups is 1. The Kier molecular flexibility index (Phi) is 4.26. The molecule has 1 saturated heterocycles. The van der Waals surface area contributed by atoms with Crippen LogP contribution in [0.25, 0.3) is 17.1 Å². The number of nitrogens with zero attached hydrogens (tertiary/aromatic N) is 3. The van der Waals surface area contributed by atoms with E-state index in [-0.39, 0.29) is 5.02 Å². The van der Waals surface area contributed by atoms with E-state index in [9.17, 15) is 9.59 Å². The second kappa shape index (κ2) is 6.46. The summed E-state index contributed by atoms with van der Waals surface area (Å²) < 4.78 is 1.88. The molecule has 0 radical (unpaired) electrons. The lowest BCUT2D eigenvalue weighted by Gasteiger charge is -2.13. The Morgan fingerprint density at radius 1 is 1.08 bits per heavy atom. The summed E-state index contributed by atoms with van der Waals surface area (Å²) in [6.07, 6.45) is 1.63. The van der Waals surface area contributed by atoms with Crippen LogP contribution in [-0.2, 0) is 11.8 Å². The Morgan fingerprint density at radius 3 is 2.58 bits per heavy atom. The van der Waals surface area contributed by atoms with Gasteiger partial charge in [0, 0.05) is 13.1 Å². The third-order valence-corrected chi connectivity index (χ3v) is 5.65. The molecule has 26 heavy (non-hydrogen) atoms. The van der Waals surface area contributed by atoms with Gasteiger partial charge in [-0.2, -0.15) is 0 Å². The number of benzene rings is 2. The van der Waals surface area contributed by atoms with Gasteiger partial charge in [0.25, 0.3) is 11.1 Å². The number of hydrogen-bond acceptors (Lipinski definition) is 4. The first-order valence-electron chi connectivity index (χ1n) is 7.60. The molecule has 0 spiro atoms. The van der Waals surface area contributed by atoms with E-state index >= 15 is 0 Å². The third kappa shape index (κ3) is 2.80. The van der Waals surface area contributed by atoms with Gasteiger partial charge in [-0.15, -0.1) is 0 Å². The zero-order valence-corrected chi connectivity index (χ0v) is 15.8. The van der Waals surface area contributed by atoms with Crippen LogP contribution in [-0.4, -0.2) is 20.7 Å². The number of imidazole rings is 1. The van der Waals surface area contributed by atoms with Crippen molar-refractivity contribution in [1.29, 1.82) is 0 Å². The first-order valence-corrected chi connectivity index (χ1v) is 9.17. The van der Waals surface area contributed by atoms with Crippen LogP contribution in [0.4, 0.5) is 10.5 Å². The molecule has 0 unspecified atom stereocenters. The number of aryl methyl sites for hydroxylation is 1. The minimum absolute atomic E-state index is 0.280. The predicted octanol–water partition coefficient (Wildman–Crippen LogP) is 5.12. The molecule has 4 rings (SSSR count). The standard InChI is InChI=1S/C18H11Cl2N3O2S/c1-22-14-5-3-2-4-13(14)21-16(22)9-15-17(24)23(18(25)26-15)10-6-7-11(19)12(20)8-10/h2-9H,1H3. The maximum atomic E-state index is 12.7. The molecule has 130 valence electrons. The predicted molar refractivity (Wildman–Crippen MR) is 106 cm³/mol. The smallest absolute Gasteiger partial charge is 0.298 e. The summed E-state index contributed by atoms with van der Waals surface area (Å²) in [6, 6.07) is 12.3. The second-order valence-electron chi connectivity index (χ2n) is 5.63. The molecule has 0 saturated carbocycles. The van der Waals surface area contributed by atoms with Crippen molar-refractivity contribution < 1.29 is 9.59 Å². The SMILES string of the molecule is Cn1c(C=C2SC(=O)N(c3ccc(Cl)c(Cl)c3)C2=O)nc2ccccc21. The van der Waals surface area contributed by atoms with Crippen molar-refractivity contribution in [1.82, 2.24) is 9.55 Å². The molecule has 1 aromatic heterocycles. The number of rotatable bonds is 2. The number of halogens is 2. The van der Waals surface area contributed by atoms with E-state index in [1.54, 1.807) is 18.2 Å². The van der Waals surface area contributed by atoms with Crippen molar-refractivity contribution in [2.24, 2.45) is 7.05 Å². The average Bonchev–Trinajstić information content (AvgIpc) is 3.08. The normalized spacial score (nSPS) is 16.3. The van der Waals surface area contributed by atoms with Crippen LogP contribution in [0, 0.1) is 0 Å². The van der Waals surface area contributed by atoms with Crippen molar-refractivity contribution in [2.75, 3.05) is 4.90 Å². The highest BCUT2D eigenvalue weighted by Crippen LogP contribution is 2.37. The quantitative estimate of drug-likeness (QED) is 0.557. The van der Waals surface area contributed by atoms with Crippen molar-refractivity contribution in [3.8, 4) is 0 Å². The largest absolute Gasteiger partial charge is 0.328 e. The summed E-state index contributed by atoms with van der Waals surface area (Å²) in [7, 11) is 1.87. The zero-order chi connectivity index (χ0) is 18.4. The summed E-state index contributed by atoms with van der Waals surface area (Å²) in [5, 5.41) is 0.249. The fourth-order valence-electron chi connectivity index (χ4n) is 2.72. The molecule has 0 N–H and O–H groups in total. The molecular weight excluding hydrogens is 393 g/mol. The van der Waals surface area contributed by atoms with Crippen molar-refractivity contribution in [3.05, 3.63) is 63.2 Å². The van der Waals surface area contributed by atoms with Crippen LogP contribution in [0.1, 0.15) is 5.82 Å². The number of para-hydroxylation sites is 2. The van der Waals surface area contributed by atoms with Crippen LogP contribution in [0.2, 0.25) is 10.0 Å². The highest BCUT2D eigenvalue weighted by molar-refractivity contribution is 8.19. The van der Waals surface area contributed by atoms with Crippen molar-refractivity contribution >= 4 is 68.9 Å². The summed E-state index contributed by atoms with van der Waals surface area (Å²) in [5.41, 5.74) is 2.16. The number of carbonyl (C=O) groups excluding carboxylic acids is 2. The Morgan fingerprint density at radius 2 is 1.85 bits per heavy atom. The molecule has 2 heterocycles. The minimum Gasteiger partial charge on any atom is -0.328 e. The topological polar surface area (TPSA) is 55.2 Å². The Balaban J connectivity index is 1.73. The second-order valence-corrected chi connectivity index (χ2v) is 7.44. The molecule has 1 aliphatic rings. The Labute approximate surface area is 163 Å². The summed E-state index contributed by atoms with van der Waals surface area (Å²) in [4.78, 5) is 31.0. The number of fused-ring (bicyclic) bond motifs is 1. The first-order chi connectivity index (χ1) is 12.5. The van der Waals surface area contributed by atoms with Crippen molar-refractivity contribution in [2.45, 2.75) is 0 Å². The van der Waals surface area contributed by atoms with Gasteiger partial charge in [0.1, 0.15) is 5.82 Å². The summed E-state index contributed by atoms with van der Waals surface area (Å²) >= 11 is 12.8. The molecular formula is C18H11Cl2N3O2S. The zero-order valence-electron chi connectivity index (χ0n) is 13.4. The molecule has 1 fully saturated rings. The number of anilines is 1. The number of aromatic nitrogens is 2. The highest BCUT2D eigenvalue weighted by atomic mass is 35.5. The summed E-state index contributed by atoms with van der Waals surface area (Å²) in [6.45, 7) is 0. The fraction of sp³-hybridized carbons (Fsp3) is 0.0556. The summed E-state index contributed by atoms with van der Waals surface area (Å²) in [5.74, 6) is 0.191. The average molecular weight is 404 g/mol. The highest BCUT2D eigenvalue weighted by Gasteiger charge is 2.36. The van der Waals surface area contributed by atoms with E-state index in [1.165, 1.54) is 6.07 Å². The molecule has 2 amide bonds. The van der Waals surface area contributed by atoms with Gasteiger partial charge in [-0.05, 0) is 42.1 Å². The van der Waals surface area contributed by atoms with Crippen LogP contribution < -0.4 is 4.90 Å². The maximum Gasteiger partial charge on any atom is 0.298 e. The van der Waals surface area contributed by atoms with E-state index < -0.39 is 11.1 Å². The van der Waals surface area contributed by atoms with E-state index in [4.69, 9.17) is 23.2 Å². The lowest BCUT2D eigenvalue weighted by Crippen LogP contribution is -2.27. The monoisotopic (exact) mass is 403 g/mol. The molecule has 1 aliphatic heterocycles. The lowest BCUT2D eigenvalue weighted by molar-refractivity contribution is -0.113. The van der Waals surface area contributed by atoms with Gasteiger partial charge in [-0.1, -0.05) is 35.3 Å². The number of carbonyl (C=O) groups is 2. The molecule has 0 bridgehead atoms. The Bertz CT molecular complexity index is 1110. The van der Waals surface area contributed by atoms with Gasteiger partial charge in [0.05, 0.1) is 31.7 Å². The van der Waals surface area contributed by atoms with Gasteiger partial charge in [0.2, 0.25) is 0 Å². The van der Waals surface area contributed by atoms with Gasteiger partial charge in [0.15, 0.2) is 0 Å². The van der Waals surface area contributed by atoms with Crippen LogP contribution in [0.5, 0.6) is 0 Å². The van der Waals surface area contributed by atoms with Gasteiger partial charge >= 0.3 is 0 Å². The van der Waals surface area contributed by atoms with E-state index in [0.29, 0.717) is 21.4 Å². The van der Waals surface area contributed by atoms with Crippen LogP contribution >= 0.6 is 35.0 Å². The van der Waals surface area contributed by atoms with Crippen molar-refractivity contribution in [3.63, 3.8) is 0 Å². The first kappa shape index (κ1) is 17.1. The number of imide groups is 1. The molecule has 8 heteroatoms. The van der Waals surface area contributed by atoms with Gasteiger partial charge < -0.3 is 4.57 Å². The molecule has 2 aromatic carbocycles. The van der Waals surface area contributed by atoms with E-state index in [2.05, 4.69) is 4.98 Å². The third-order valence-electron chi connectivity index (χ3n) is 4.04. The molecule has 5 nitrogen and oxygen atoms in total. The van der Waals surface area contributed by atoms with Crippen LogP contribution in [0.3, 0.4) is 0 Å². The molecule has 0 atom stereocenters. The van der Waals surface area contributed by atoms with Gasteiger partial charge in [-0.3, -0.25) is 9.59 Å². The molecule has 0 aliphatic carbocycles. The molecule has 3 aromatic rings. The van der Waals surface area contributed by atoms with E-state index in [1.807, 2.05) is 35.9 Å². The van der Waals surface area contributed by atoms with E-state index in [0.717, 1.165) is 27.7 Å². The van der Waals surface area contributed by atoms with Gasteiger partial charge in [-0.25, -0.2) is 9.88 Å². The number of amides is 2. The number of hydrogen-bond donors (Lipinski definition) is 0. The van der Waals surface area contributed by atoms with Crippen LogP contribution in [0.15, 0.2) is 47.4 Å². The Hall–Kier alpha value is -2.28.